The highest BCUT2D eigenvalue weighted by Crippen LogP contribution is 2.42. The van der Waals surface area contributed by atoms with Gasteiger partial charge in [0.15, 0.2) is 0 Å². The topological polar surface area (TPSA) is 66.6 Å². The lowest BCUT2D eigenvalue weighted by atomic mass is 9.93. The van der Waals surface area contributed by atoms with E-state index >= 15 is 0 Å². The van der Waals surface area contributed by atoms with E-state index in [0.717, 1.165) is 24.1 Å². The molecule has 1 aromatic carbocycles. The van der Waals surface area contributed by atoms with Gasteiger partial charge in [-0.25, -0.2) is 0 Å². The number of rotatable bonds is 4. The minimum atomic E-state index is -0.613. The summed E-state index contributed by atoms with van der Waals surface area (Å²) in [7, 11) is 0. The van der Waals surface area contributed by atoms with E-state index in [-0.39, 0.29) is 18.4 Å². The van der Waals surface area contributed by atoms with Crippen LogP contribution in [0, 0.1) is 0 Å². The van der Waals surface area contributed by atoms with Crippen molar-refractivity contribution in [1.29, 1.82) is 0 Å². The van der Waals surface area contributed by atoms with Gasteiger partial charge in [0, 0.05) is 18.3 Å². The van der Waals surface area contributed by atoms with Gasteiger partial charge in [-0.15, -0.1) is 0 Å². The van der Waals surface area contributed by atoms with Crippen molar-refractivity contribution < 1.29 is 9.90 Å². The maximum Gasteiger partial charge on any atom is 0.234 e. The van der Waals surface area contributed by atoms with Crippen LogP contribution >= 0.6 is 0 Å². The molecule has 1 amide bonds. The Morgan fingerprint density at radius 1 is 1.24 bits per heavy atom. The van der Waals surface area contributed by atoms with Gasteiger partial charge in [0.1, 0.15) is 0 Å². The van der Waals surface area contributed by atoms with Crippen LogP contribution in [-0.4, -0.2) is 29.7 Å². The first-order valence-electron chi connectivity index (χ1n) is 8.02. The summed E-state index contributed by atoms with van der Waals surface area (Å²) in [6, 6.07) is 8.34. The quantitative estimate of drug-likeness (QED) is 0.892. The van der Waals surface area contributed by atoms with E-state index < -0.39 is 6.10 Å². The molecule has 0 saturated heterocycles. The molecule has 21 heavy (non-hydrogen) atoms. The average molecular weight is 288 g/mol. The zero-order valence-corrected chi connectivity index (χ0v) is 12.4. The smallest absolute Gasteiger partial charge is 0.234 e. The van der Waals surface area contributed by atoms with Gasteiger partial charge in [-0.3, -0.25) is 4.79 Å². The molecule has 0 spiro atoms. The fourth-order valence-electron chi connectivity index (χ4n) is 3.73. The molecule has 2 atom stereocenters. The van der Waals surface area contributed by atoms with Crippen molar-refractivity contribution in [3.63, 3.8) is 0 Å². The molecule has 3 N–H and O–H groups in total. The van der Waals surface area contributed by atoms with Crippen LogP contribution in [-0.2, 0) is 4.79 Å². The first-order valence-corrected chi connectivity index (χ1v) is 8.02. The third kappa shape index (κ3) is 2.70. The number of carbonyl (C=O) groups is 1. The number of nitrogens with two attached hydrogens (primary N) is 1. The predicted octanol–water partition coefficient (Wildman–Crippen LogP) is 2.16. The van der Waals surface area contributed by atoms with E-state index in [1.54, 1.807) is 0 Å². The van der Waals surface area contributed by atoms with Crippen LogP contribution in [0.4, 0.5) is 5.69 Å². The van der Waals surface area contributed by atoms with Crippen LogP contribution in [0.2, 0.25) is 0 Å². The summed E-state index contributed by atoms with van der Waals surface area (Å²) in [5.74, 6) is -0.0859. The van der Waals surface area contributed by atoms with Gasteiger partial charge >= 0.3 is 0 Å². The first-order chi connectivity index (χ1) is 10.2. The Kier molecular flexibility index (Phi) is 4.27. The molecule has 1 heterocycles. The zero-order valence-electron chi connectivity index (χ0n) is 12.4. The monoisotopic (exact) mass is 288 g/mol. The van der Waals surface area contributed by atoms with E-state index in [0.29, 0.717) is 12.5 Å². The second kappa shape index (κ2) is 6.16. The van der Waals surface area contributed by atoms with Crippen LogP contribution in [0.1, 0.15) is 50.0 Å². The second-order valence-corrected chi connectivity index (χ2v) is 6.24. The van der Waals surface area contributed by atoms with E-state index in [2.05, 4.69) is 0 Å². The standard InChI is InChI=1S/C17H24N2O2/c18-11-13(20)10-15-14-8-4-5-9-16(14)19(17(15)21)12-6-2-1-3-7-12/h4-5,8-9,12-13,15,20H,1-3,6-7,10-11,18H2. The second-order valence-electron chi connectivity index (χ2n) is 6.24. The Hall–Kier alpha value is -1.39. The number of benzene rings is 1. The Balaban J connectivity index is 1.90. The van der Waals surface area contributed by atoms with E-state index in [1.807, 2.05) is 29.2 Å². The summed E-state index contributed by atoms with van der Waals surface area (Å²) < 4.78 is 0. The number of nitrogens with zero attached hydrogens (tertiary/aromatic N) is 1. The van der Waals surface area contributed by atoms with Crippen molar-refractivity contribution in [3.05, 3.63) is 29.8 Å². The van der Waals surface area contributed by atoms with Gasteiger partial charge in [-0.1, -0.05) is 37.5 Å². The molecule has 3 rings (SSSR count). The van der Waals surface area contributed by atoms with Crippen molar-refractivity contribution in [1.82, 2.24) is 0 Å². The first kappa shape index (κ1) is 14.5. The number of aliphatic hydroxyl groups is 1. The van der Waals surface area contributed by atoms with Gasteiger partial charge in [-0.05, 0) is 30.9 Å². The van der Waals surface area contributed by atoms with Crippen LogP contribution in [0.15, 0.2) is 24.3 Å². The Morgan fingerprint density at radius 3 is 2.67 bits per heavy atom. The summed E-state index contributed by atoms with van der Waals surface area (Å²) >= 11 is 0. The van der Waals surface area contributed by atoms with Gasteiger partial charge in [0.2, 0.25) is 5.91 Å². The number of aliphatic hydroxyl groups excluding tert-OH is 1. The average Bonchev–Trinajstić information content (AvgIpc) is 2.80. The van der Waals surface area contributed by atoms with Crippen LogP contribution in [0.5, 0.6) is 0 Å². The molecule has 114 valence electrons. The summed E-state index contributed by atoms with van der Waals surface area (Å²) in [5, 5.41) is 9.86. The number of fused-ring (bicyclic) bond motifs is 1. The lowest BCUT2D eigenvalue weighted by Gasteiger charge is -2.32. The number of anilines is 1. The molecule has 0 bridgehead atoms. The minimum Gasteiger partial charge on any atom is -0.392 e. The number of carbonyl (C=O) groups excluding carboxylic acids is 1. The minimum absolute atomic E-state index is 0.149. The molecule has 2 aliphatic rings. The van der Waals surface area contributed by atoms with E-state index in [4.69, 9.17) is 5.73 Å². The van der Waals surface area contributed by atoms with Crippen molar-refractivity contribution in [3.8, 4) is 0 Å². The highest BCUT2D eigenvalue weighted by Gasteiger charge is 2.41. The highest BCUT2D eigenvalue weighted by atomic mass is 16.3. The van der Waals surface area contributed by atoms with E-state index in [9.17, 15) is 9.90 Å². The molecule has 0 aromatic heterocycles. The van der Waals surface area contributed by atoms with Crippen molar-refractivity contribution in [2.75, 3.05) is 11.4 Å². The van der Waals surface area contributed by atoms with Gasteiger partial charge in [-0.2, -0.15) is 0 Å². The third-order valence-electron chi connectivity index (χ3n) is 4.83. The summed E-state index contributed by atoms with van der Waals surface area (Å²) in [5.41, 5.74) is 7.62. The summed E-state index contributed by atoms with van der Waals surface area (Å²) in [6.45, 7) is 0.204. The molecule has 1 saturated carbocycles. The van der Waals surface area contributed by atoms with Gasteiger partial charge < -0.3 is 15.7 Å². The van der Waals surface area contributed by atoms with Crippen LogP contribution < -0.4 is 10.6 Å². The van der Waals surface area contributed by atoms with Gasteiger partial charge in [0.25, 0.3) is 0 Å². The predicted molar refractivity (Wildman–Crippen MR) is 83.2 cm³/mol. The lowest BCUT2D eigenvalue weighted by molar-refractivity contribution is -0.120. The Labute approximate surface area is 125 Å². The summed E-state index contributed by atoms with van der Waals surface area (Å²) in [4.78, 5) is 14.9. The molecular formula is C17H24N2O2. The van der Waals surface area contributed by atoms with Crippen molar-refractivity contribution >= 4 is 11.6 Å². The fourth-order valence-corrected chi connectivity index (χ4v) is 3.73. The SMILES string of the molecule is NCC(O)CC1C(=O)N(C2CCCCC2)c2ccccc21. The maximum atomic E-state index is 12.9. The molecule has 2 unspecified atom stereocenters. The lowest BCUT2D eigenvalue weighted by Crippen LogP contribution is -2.40. The molecule has 1 aliphatic carbocycles. The normalized spacial score (nSPS) is 24.2. The number of amides is 1. The maximum absolute atomic E-state index is 12.9. The third-order valence-corrected chi connectivity index (χ3v) is 4.83. The van der Waals surface area contributed by atoms with Crippen molar-refractivity contribution in [2.24, 2.45) is 5.73 Å². The zero-order chi connectivity index (χ0) is 14.8. The molecule has 1 aliphatic heterocycles. The van der Waals surface area contributed by atoms with Gasteiger partial charge in [0.05, 0.1) is 12.0 Å². The molecule has 1 fully saturated rings. The van der Waals surface area contributed by atoms with E-state index in [1.165, 1.54) is 19.3 Å². The van der Waals surface area contributed by atoms with Crippen LogP contribution in [0.3, 0.4) is 0 Å². The largest absolute Gasteiger partial charge is 0.392 e. The van der Waals surface area contributed by atoms with Crippen LogP contribution in [0.25, 0.3) is 0 Å². The molecule has 0 radical (unpaired) electrons. The molecule has 4 heteroatoms. The number of hydrogen-bond donors (Lipinski definition) is 2. The fraction of sp³-hybridized carbons (Fsp3) is 0.588. The molecule has 1 aromatic rings. The Bertz CT molecular complexity index is 511. The molecular weight excluding hydrogens is 264 g/mol. The number of hydrogen-bond acceptors (Lipinski definition) is 3. The summed E-state index contributed by atoms with van der Waals surface area (Å²) in [6.07, 6.45) is 5.67. The number of para-hydroxylation sites is 1. The highest BCUT2D eigenvalue weighted by molar-refractivity contribution is 6.05. The van der Waals surface area contributed by atoms with Crippen molar-refractivity contribution in [2.45, 2.75) is 56.6 Å². The Morgan fingerprint density at radius 2 is 1.95 bits per heavy atom. The molecule has 4 nitrogen and oxygen atoms in total.